The molecule has 2 fully saturated rings. The third kappa shape index (κ3) is 3.80. The number of rotatable bonds is 5. The predicted octanol–water partition coefficient (Wildman–Crippen LogP) is 5.33. The number of aromatic nitrogens is 2. The Kier molecular flexibility index (Phi) is 4.87. The molecule has 2 heterocycles. The van der Waals surface area contributed by atoms with Crippen LogP contribution in [-0.4, -0.2) is 21.6 Å². The van der Waals surface area contributed by atoms with Gasteiger partial charge in [0.15, 0.2) is 0 Å². The normalized spacial score (nSPS) is 25.4. The van der Waals surface area contributed by atoms with E-state index in [0.29, 0.717) is 28.5 Å². The topological polar surface area (TPSA) is 56.2 Å². The molecule has 2 aliphatic carbocycles. The van der Waals surface area contributed by atoms with E-state index in [1.165, 1.54) is 18.2 Å². The van der Waals surface area contributed by atoms with Crippen LogP contribution in [0.3, 0.4) is 0 Å². The van der Waals surface area contributed by atoms with Crippen molar-refractivity contribution in [3.8, 4) is 5.75 Å². The van der Waals surface area contributed by atoms with Crippen molar-refractivity contribution in [2.45, 2.75) is 32.2 Å². The molecule has 1 aromatic carbocycles. The molecule has 2 aliphatic rings. The van der Waals surface area contributed by atoms with Crippen LogP contribution in [0.4, 0.5) is 23.2 Å². The second-order valence-electron chi connectivity index (χ2n) is 8.64. The van der Waals surface area contributed by atoms with E-state index in [9.17, 15) is 22.4 Å². The van der Waals surface area contributed by atoms with Gasteiger partial charge in [-0.2, -0.15) is 0 Å². The fourth-order valence-electron chi connectivity index (χ4n) is 5.11. The number of halogens is 4. The Morgan fingerprint density at radius 3 is 2.66 bits per heavy atom. The number of amides is 1. The maximum absolute atomic E-state index is 13.7. The molecule has 0 aliphatic heterocycles. The third-order valence-corrected chi connectivity index (χ3v) is 6.67. The zero-order valence-corrected chi connectivity index (χ0v) is 17.1. The number of carbonyl (C=O) groups excluding carboxylic acids is 1. The minimum atomic E-state index is -4.51. The van der Waals surface area contributed by atoms with Gasteiger partial charge in [-0.25, -0.2) is 4.39 Å². The van der Waals surface area contributed by atoms with Crippen molar-refractivity contribution < 1.29 is 27.1 Å². The first-order valence-electron chi connectivity index (χ1n) is 10.5. The second-order valence-corrected chi connectivity index (χ2v) is 8.64. The Morgan fingerprint density at radius 1 is 1.22 bits per heavy atom. The zero-order chi connectivity index (χ0) is 22.6. The fraction of sp³-hybridized carbons (Fsp3) is 0.391. The van der Waals surface area contributed by atoms with Gasteiger partial charge in [0.2, 0.25) is 5.91 Å². The Morgan fingerprint density at radius 2 is 1.97 bits per heavy atom. The SMILES string of the molecule is CC(C(=O)Nc1ccn(C(F)(F)F)c1)C1[C@H]2CC(Oc3ccnc4ccc(F)cc34)C[C@@H]12. The van der Waals surface area contributed by atoms with Gasteiger partial charge in [0.05, 0.1) is 17.3 Å². The Bertz CT molecular complexity index is 1160. The van der Waals surface area contributed by atoms with Crippen LogP contribution in [-0.2, 0) is 11.1 Å². The van der Waals surface area contributed by atoms with Gasteiger partial charge >= 0.3 is 6.30 Å². The van der Waals surface area contributed by atoms with Gasteiger partial charge in [0.1, 0.15) is 11.6 Å². The van der Waals surface area contributed by atoms with E-state index in [0.717, 1.165) is 25.2 Å². The maximum Gasteiger partial charge on any atom is 0.488 e. The molecule has 5 atom stereocenters. The molecule has 0 radical (unpaired) electrons. The molecule has 32 heavy (non-hydrogen) atoms. The molecule has 0 saturated heterocycles. The highest BCUT2D eigenvalue weighted by molar-refractivity contribution is 5.92. The molecule has 3 aromatic rings. The van der Waals surface area contributed by atoms with E-state index in [2.05, 4.69) is 10.3 Å². The van der Waals surface area contributed by atoms with Gasteiger partial charge < -0.3 is 10.1 Å². The van der Waals surface area contributed by atoms with Crippen molar-refractivity contribution in [2.75, 3.05) is 5.32 Å². The average Bonchev–Trinajstić information content (AvgIpc) is 3.08. The lowest BCUT2D eigenvalue weighted by Gasteiger charge is -2.20. The minimum Gasteiger partial charge on any atom is -0.490 e. The van der Waals surface area contributed by atoms with Gasteiger partial charge in [-0.3, -0.25) is 14.3 Å². The standard InChI is InChI=1S/C23H21F4N3O2/c1-12(22(31)29-14-5-7-30(11-14)23(25,26)27)21-16-9-15(10-17(16)21)32-20-4-6-28-19-3-2-13(24)8-18(19)20/h2-8,11-12,15-17,21H,9-10H2,1H3,(H,29,31)/t12?,15?,16-,17+,21?. The van der Waals surface area contributed by atoms with E-state index in [4.69, 9.17) is 4.74 Å². The van der Waals surface area contributed by atoms with Crippen LogP contribution >= 0.6 is 0 Å². The lowest BCUT2D eigenvalue weighted by atomic mass is 9.97. The van der Waals surface area contributed by atoms with Gasteiger partial charge in [-0.1, -0.05) is 6.92 Å². The summed E-state index contributed by atoms with van der Waals surface area (Å²) in [4.78, 5) is 16.8. The number of benzene rings is 1. The largest absolute Gasteiger partial charge is 0.490 e. The number of alkyl halides is 3. The average molecular weight is 447 g/mol. The van der Waals surface area contributed by atoms with Crippen LogP contribution in [0.15, 0.2) is 48.9 Å². The second kappa shape index (κ2) is 7.50. The number of nitrogens with one attached hydrogen (secondary N) is 1. The monoisotopic (exact) mass is 447 g/mol. The number of hydrogen-bond donors (Lipinski definition) is 1. The van der Waals surface area contributed by atoms with E-state index in [-0.39, 0.29) is 39.9 Å². The van der Waals surface area contributed by atoms with Crippen LogP contribution < -0.4 is 10.1 Å². The number of carbonyl (C=O) groups is 1. The summed E-state index contributed by atoms with van der Waals surface area (Å²) >= 11 is 0. The van der Waals surface area contributed by atoms with E-state index >= 15 is 0 Å². The van der Waals surface area contributed by atoms with Gasteiger partial charge in [0, 0.05) is 29.9 Å². The number of nitrogens with zero attached hydrogens (tertiary/aromatic N) is 2. The molecule has 2 aromatic heterocycles. The summed E-state index contributed by atoms with van der Waals surface area (Å²) in [5, 5.41) is 3.22. The molecule has 9 heteroatoms. The first-order valence-corrected chi connectivity index (χ1v) is 10.5. The third-order valence-electron chi connectivity index (χ3n) is 6.67. The molecule has 3 unspecified atom stereocenters. The van der Waals surface area contributed by atoms with Crippen molar-refractivity contribution in [1.29, 1.82) is 0 Å². The fourth-order valence-corrected chi connectivity index (χ4v) is 5.11. The van der Waals surface area contributed by atoms with Gasteiger partial charge in [0.25, 0.3) is 0 Å². The molecule has 1 N–H and O–H groups in total. The summed E-state index contributed by atoms with van der Waals surface area (Å²) in [5.74, 6) is 0.516. The van der Waals surface area contributed by atoms with Crippen LogP contribution in [0.2, 0.25) is 0 Å². The molecule has 1 amide bonds. The van der Waals surface area contributed by atoms with Gasteiger partial charge in [-0.05, 0) is 60.9 Å². The maximum atomic E-state index is 13.7. The number of ether oxygens (including phenoxy) is 1. The number of fused-ring (bicyclic) bond motifs is 2. The highest BCUT2D eigenvalue weighted by Gasteiger charge is 2.59. The molecule has 0 spiro atoms. The molecule has 2 saturated carbocycles. The first kappa shape index (κ1) is 20.8. The van der Waals surface area contributed by atoms with Crippen LogP contribution in [0.5, 0.6) is 5.75 Å². The summed E-state index contributed by atoms with van der Waals surface area (Å²) < 4.78 is 58.0. The van der Waals surface area contributed by atoms with E-state index in [1.54, 1.807) is 18.3 Å². The molecule has 5 nitrogen and oxygen atoms in total. The quantitative estimate of drug-likeness (QED) is 0.538. The lowest BCUT2D eigenvalue weighted by molar-refractivity contribution is -0.203. The number of anilines is 1. The van der Waals surface area contributed by atoms with Crippen LogP contribution in [0, 0.1) is 29.5 Å². The number of hydrogen-bond acceptors (Lipinski definition) is 3. The molecular formula is C23H21F4N3O2. The van der Waals surface area contributed by atoms with Crippen molar-refractivity contribution in [3.05, 3.63) is 54.7 Å². The summed E-state index contributed by atoms with van der Waals surface area (Å²) in [7, 11) is 0. The van der Waals surface area contributed by atoms with Crippen LogP contribution in [0.25, 0.3) is 10.9 Å². The Hall–Kier alpha value is -3.10. The molecular weight excluding hydrogens is 426 g/mol. The van der Waals surface area contributed by atoms with Crippen molar-refractivity contribution in [1.82, 2.24) is 9.55 Å². The van der Waals surface area contributed by atoms with Crippen LogP contribution in [0.1, 0.15) is 19.8 Å². The summed E-state index contributed by atoms with van der Waals surface area (Å²) in [5.41, 5.74) is 0.789. The molecule has 0 bridgehead atoms. The Labute approximate surface area is 181 Å². The van der Waals surface area contributed by atoms with Crippen molar-refractivity contribution >= 4 is 22.5 Å². The highest BCUT2D eigenvalue weighted by Crippen LogP contribution is 2.61. The van der Waals surface area contributed by atoms with Crippen molar-refractivity contribution in [3.63, 3.8) is 0 Å². The van der Waals surface area contributed by atoms with Crippen molar-refractivity contribution in [2.24, 2.45) is 23.7 Å². The Balaban J connectivity index is 1.18. The lowest BCUT2D eigenvalue weighted by Crippen LogP contribution is -2.25. The smallest absolute Gasteiger partial charge is 0.488 e. The van der Waals surface area contributed by atoms with E-state index < -0.39 is 6.30 Å². The minimum absolute atomic E-state index is 0.0220. The summed E-state index contributed by atoms with van der Waals surface area (Å²) in [6.45, 7) is 1.81. The molecule has 5 rings (SSSR count). The summed E-state index contributed by atoms with van der Waals surface area (Å²) in [6.07, 6.45) is 0.418. The highest BCUT2D eigenvalue weighted by atomic mass is 19.4. The summed E-state index contributed by atoms with van der Waals surface area (Å²) in [6, 6.07) is 7.35. The number of pyridine rings is 1. The predicted molar refractivity (Wildman–Crippen MR) is 109 cm³/mol. The molecule has 168 valence electrons. The van der Waals surface area contributed by atoms with E-state index in [1.807, 2.05) is 6.92 Å². The van der Waals surface area contributed by atoms with Gasteiger partial charge in [-0.15, -0.1) is 13.2 Å². The first-order chi connectivity index (χ1) is 15.2. The zero-order valence-electron chi connectivity index (χ0n) is 17.1.